The summed E-state index contributed by atoms with van der Waals surface area (Å²) in [4.78, 5) is 25.2. The molecule has 2 atom stereocenters. The van der Waals surface area contributed by atoms with Crippen LogP contribution in [-0.2, 0) is 4.74 Å². The maximum absolute atomic E-state index is 14.8. The first-order chi connectivity index (χ1) is 12.0. The first kappa shape index (κ1) is 18.2. The zero-order valence-corrected chi connectivity index (χ0v) is 14.6. The predicted octanol–water partition coefficient (Wildman–Crippen LogP) is 1.54. The smallest absolute Gasteiger partial charge is 0.412 e. The number of anilines is 1. The molecule has 2 aromatic rings. The van der Waals surface area contributed by atoms with E-state index in [9.17, 15) is 18.7 Å². The van der Waals surface area contributed by atoms with Crippen molar-refractivity contribution in [2.24, 2.45) is 0 Å². The molecule has 26 heavy (non-hydrogen) atoms. The van der Waals surface area contributed by atoms with E-state index in [2.05, 4.69) is 15.0 Å². The highest BCUT2D eigenvalue weighted by molar-refractivity contribution is 5.81. The van der Waals surface area contributed by atoms with E-state index in [-0.39, 0.29) is 17.0 Å². The highest BCUT2D eigenvalue weighted by Crippen LogP contribution is 2.46. The third-order valence-electron chi connectivity index (χ3n) is 4.01. The number of ether oxygens (including phenoxy) is 1. The highest BCUT2D eigenvalue weighted by atomic mass is 19.3. The molecule has 0 aliphatic carbocycles. The molecule has 3 heterocycles. The van der Waals surface area contributed by atoms with Gasteiger partial charge in [-0.25, -0.2) is 28.5 Å². The molecule has 0 spiro atoms. The molecule has 0 radical (unpaired) electrons. The van der Waals surface area contributed by atoms with Gasteiger partial charge in [-0.1, -0.05) is 0 Å². The number of nitrogen functional groups attached to an aromatic ring is 1. The van der Waals surface area contributed by atoms with Crippen molar-refractivity contribution in [2.75, 3.05) is 12.3 Å². The fourth-order valence-corrected chi connectivity index (χ4v) is 3.02. The minimum absolute atomic E-state index is 0.0394. The molecule has 3 N–H and O–H groups in total. The molecule has 0 aromatic carbocycles. The summed E-state index contributed by atoms with van der Waals surface area (Å²) in [5.41, 5.74) is 5.04. The first-order valence-electron chi connectivity index (χ1n) is 7.98. The molecular weight excluding hydrogens is 350 g/mol. The average molecular weight is 370 g/mol. The molecule has 9 nitrogen and oxygen atoms in total. The van der Waals surface area contributed by atoms with E-state index < -0.39 is 42.9 Å². The molecule has 1 aliphatic heterocycles. The van der Waals surface area contributed by atoms with Gasteiger partial charge in [-0.05, 0) is 20.8 Å². The van der Waals surface area contributed by atoms with Gasteiger partial charge in [-0.3, -0.25) is 9.47 Å². The number of aliphatic hydroxyl groups is 1. The predicted molar refractivity (Wildman–Crippen MR) is 87.3 cm³/mol. The van der Waals surface area contributed by atoms with E-state index in [1.165, 1.54) is 0 Å². The number of carbonyl (C=O) groups is 1. The molecule has 1 amide bonds. The second kappa shape index (κ2) is 6.01. The summed E-state index contributed by atoms with van der Waals surface area (Å²) < 4.78 is 35.9. The number of imidazole rings is 1. The molecule has 1 unspecified atom stereocenters. The molecular formula is C15H20F2N6O3. The Balaban J connectivity index is 2.11. The largest absolute Gasteiger partial charge is 0.444 e. The second-order valence-corrected chi connectivity index (χ2v) is 7.15. The third-order valence-corrected chi connectivity index (χ3v) is 4.01. The zero-order chi connectivity index (χ0) is 19.3. The van der Waals surface area contributed by atoms with Gasteiger partial charge in [0.15, 0.2) is 17.6 Å². The molecule has 3 rings (SSSR count). The van der Waals surface area contributed by atoms with Crippen LogP contribution in [0.1, 0.15) is 33.4 Å². The van der Waals surface area contributed by atoms with Crippen LogP contribution in [0.25, 0.3) is 11.2 Å². The summed E-state index contributed by atoms with van der Waals surface area (Å²) in [5.74, 6) is -3.30. The minimum Gasteiger partial charge on any atom is -0.444 e. The Bertz CT molecular complexity index is 834. The van der Waals surface area contributed by atoms with Crippen LogP contribution in [0.3, 0.4) is 0 Å². The number of rotatable bonds is 2. The van der Waals surface area contributed by atoms with Gasteiger partial charge in [0.05, 0.1) is 19.0 Å². The fraction of sp³-hybridized carbons (Fsp3) is 0.600. The summed E-state index contributed by atoms with van der Waals surface area (Å²) in [6, 6.07) is -1.11. The summed E-state index contributed by atoms with van der Waals surface area (Å²) in [5, 5.41) is 9.54. The summed E-state index contributed by atoms with van der Waals surface area (Å²) in [7, 11) is 0. The Labute approximate surface area is 147 Å². The number of hydrogen-bond acceptors (Lipinski definition) is 7. The Morgan fingerprint density at radius 2 is 2.12 bits per heavy atom. The Kier molecular flexibility index (Phi) is 4.21. The number of amides is 1. The van der Waals surface area contributed by atoms with Gasteiger partial charge in [0.2, 0.25) is 0 Å². The zero-order valence-electron chi connectivity index (χ0n) is 14.6. The normalized spacial score (nSPS) is 22.8. The lowest BCUT2D eigenvalue weighted by Crippen LogP contribution is -2.45. The van der Waals surface area contributed by atoms with Crippen LogP contribution in [0.5, 0.6) is 0 Å². The van der Waals surface area contributed by atoms with Crippen LogP contribution in [0.15, 0.2) is 12.7 Å². The van der Waals surface area contributed by atoms with Gasteiger partial charge in [0, 0.05) is 6.42 Å². The van der Waals surface area contributed by atoms with Gasteiger partial charge in [0.25, 0.3) is 5.92 Å². The number of hydrogen-bond donors (Lipinski definition) is 2. The number of alkyl halides is 2. The summed E-state index contributed by atoms with van der Waals surface area (Å²) in [6.45, 7) is 4.25. The molecule has 1 aliphatic rings. The lowest BCUT2D eigenvalue weighted by molar-refractivity contribution is -0.0680. The lowest BCUT2D eigenvalue weighted by atomic mass is 10.2. The van der Waals surface area contributed by atoms with Crippen LogP contribution >= 0.6 is 0 Å². The van der Waals surface area contributed by atoms with E-state index in [4.69, 9.17) is 10.5 Å². The number of nitrogens with two attached hydrogens (primary N) is 1. The van der Waals surface area contributed by atoms with Crippen LogP contribution in [0.2, 0.25) is 0 Å². The molecule has 0 bridgehead atoms. The minimum atomic E-state index is -3.34. The van der Waals surface area contributed by atoms with Gasteiger partial charge in [-0.2, -0.15) is 0 Å². The van der Waals surface area contributed by atoms with Crippen LogP contribution in [0.4, 0.5) is 19.4 Å². The average Bonchev–Trinajstić information content (AvgIpc) is 3.04. The van der Waals surface area contributed by atoms with Crippen LogP contribution in [0, 0.1) is 0 Å². The molecule has 0 saturated carbocycles. The number of likely N-dealkylation sites (tertiary alicyclic amines) is 1. The molecule has 1 fully saturated rings. The maximum Gasteiger partial charge on any atom is 0.412 e. The second-order valence-electron chi connectivity index (χ2n) is 7.15. The number of carbonyl (C=O) groups excluding carboxylic acids is 1. The van der Waals surface area contributed by atoms with E-state index >= 15 is 0 Å². The van der Waals surface area contributed by atoms with Gasteiger partial charge < -0.3 is 15.6 Å². The van der Waals surface area contributed by atoms with E-state index in [0.717, 1.165) is 22.1 Å². The van der Waals surface area contributed by atoms with Crippen molar-refractivity contribution in [2.45, 2.75) is 50.9 Å². The van der Waals surface area contributed by atoms with Crippen molar-refractivity contribution in [1.82, 2.24) is 24.4 Å². The molecule has 2 aromatic heterocycles. The number of aliphatic hydroxyl groups excluding tert-OH is 1. The van der Waals surface area contributed by atoms with Crippen molar-refractivity contribution in [1.29, 1.82) is 0 Å². The highest BCUT2D eigenvalue weighted by Gasteiger charge is 2.58. The van der Waals surface area contributed by atoms with Crippen LogP contribution in [-0.4, -0.2) is 59.8 Å². The summed E-state index contributed by atoms with van der Waals surface area (Å²) >= 11 is 0. The van der Waals surface area contributed by atoms with Crippen molar-refractivity contribution in [3.63, 3.8) is 0 Å². The number of fused-ring (bicyclic) bond motifs is 1. The number of nitrogens with zero attached hydrogens (tertiary/aromatic N) is 5. The van der Waals surface area contributed by atoms with E-state index in [0.29, 0.717) is 0 Å². The van der Waals surface area contributed by atoms with Crippen molar-refractivity contribution < 1.29 is 23.4 Å². The van der Waals surface area contributed by atoms with Crippen molar-refractivity contribution in [3.8, 4) is 0 Å². The monoisotopic (exact) mass is 370 g/mol. The van der Waals surface area contributed by atoms with Gasteiger partial charge in [0.1, 0.15) is 17.4 Å². The third kappa shape index (κ3) is 3.02. The number of aromatic nitrogens is 4. The Morgan fingerprint density at radius 3 is 2.73 bits per heavy atom. The number of halogens is 2. The molecule has 1 saturated heterocycles. The standard InChI is InChI=1S/C15H20F2N6O3/c1-14(2,3)26-13(25)23-8(5-24)4-15(16,17)12(23)22-7-21-9-10(18)19-6-20-11(9)22/h6-8,12,24H,4-5H2,1-3H3,(H2,18,19,20)/t8-,12?/m0/s1. The van der Waals surface area contributed by atoms with E-state index in [1.807, 2.05) is 0 Å². The lowest BCUT2D eigenvalue weighted by Gasteiger charge is -2.33. The topological polar surface area (TPSA) is 119 Å². The Hall–Kier alpha value is -2.56. The quantitative estimate of drug-likeness (QED) is 0.823. The van der Waals surface area contributed by atoms with Gasteiger partial charge in [-0.15, -0.1) is 0 Å². The van der Waals surface area contributed by atoms with Crippen LogP contribution < -0.4 is 5.73 Å². The summed E-state index contributed by atoms with van der Waals surface area (Å²) in [6.07, 6.45) is -1.17. The maximum atomic E-state index is 14.8. The van der Waals surface area contributed by atoms with E-state index in [1.54, 1.807) is 20.8 Å². The van der Waals surface area contributed by atoms with Crippen molar-refractivity contribution in [3.05, 3.63) is 12.7 Å². The Morgan fingerprint density at radius 1 is 1.42 bits per heavy atom. The van der Waals surface area contributed by atoms with Crippen molar-refractivity contribution >= 4 is 23.1 Å². The fourth-order valence-electron chi connectivity index (χ4n) is 3.02. The first-order valence-corrected chi connectivity index (χ1v) is 7.98. The molecule has 142 valence electrons. The SMILES string of the molecule is CC(C)(C)OC(=O)N1C(n2cnc3c(N)ncnc32)C(F)(F)C[C@H]1CO. The molecule has 11 heteroatoms. The van der Waals surface area contributed by atoms with Gasteiger partial charge >= 0.3 is 6.09 Å².